The monoisotopic (exact) mass is 513 g/mol. The van der Waals surface area contributed by atoms with Crippen LogP contribution in [0.25, 0.3) is 0 Å². The molecule has 1 heterocycles. The van der Waals surface area contributed by atoms with Crippen LogP contribution >= 0.6 is 24.0 Å². The SMILES string of the molecule is CN=C(NCCN(C)CC(F)(F)F)NC(C)c1cccc(N2CCCC2)c1.I. The number of alkyl halides is 3. The molecule has 0 aromatic heterocycles. The Hall–Kier alpha value is -1.23. The summed E-state index contributed by atoms with van der Waals surface area (Å²) in [7, 11) is 3.11. The summed E-state index contributed by atoms with van der Waals surface area (Å²) in [6.07, 6.45) is -1.71. The van der Waals surface area contributed by atoms with Crippen molar-refractivity contribution >= 4 is 35.6 Å². The number of nitrogens with one attached hydrogen (secondary N) is 2. The minimum absolute atomic E-state index is 0. The van der Waals surface area contributed by atoms with Crippen molar-refractivity contribution in [1.82, 2.24) is 15.5 Å². The molecule has 2 rings (SSSR count). The summed E-state index contributed by atoms with van der Waals surface area (Å²) in [5.74, 6) is 0.578. The zero-order chi connectivity index (χ0) is 19.9. The Balaban J connectivity index is 0.00000392. The van der Waals surface area contributed by atoms with Gasteiger partial charge in [0, 0.05) is 38.9 Å². The average molecular weight is 513 g/mol. The Kier molecular flexibility index (Phi) is 10.4. The molecule has 0 bridgehead atoms. The van der Waals surface area contributed by atoms with Gasteiger partial charge in [0.05, 0.1) is 12.6 Å². The second-order valence-corrected chi connectivity index (χ2v) is 7.01. The molecule has 9 heteroatoms. The number of halogens is 4. The van der Waals surface area contributed by atoms with E-state index in [0.29, 0.717) is 12.5 Å². The lowest BCUT2D eigenvalue weighted by atomic mass is 10.1. The zero-order valence-electron chi connectivity index (χ0n) is 16.7. The third-order valence-electron chi connectivity index (χ3n) is 4.65. The van der Waals surface area contributed by atoms with Gasteiger partial charge in [0.2, 0.25) is 0 Å². The van der Waals surface area contributed by atoms with Crippen LogP contribution in [-0.2, 0) is 0 Å². The van der Waals surface area contributed by atoms with Crippen LogP contribution < -0.4 is 15.5 Å². The first kappa shape index (κ1) is 24.8. The van der Waals surface area contributed by atoms with Crippen molar-refractivity contribution in [1.29, 1.82) is 0 Å². The normalized spacial score (nSPS) is 16.1. The van der Waals surface area contributed by atoms with E-state index in [1.807, 2.05) is 6.92 Å². The van der Waals surface area contributed by atoms with Gasteiger partial charge in [-0.05, 0) is 44.5 Å². The highest BCUT2D eigenvalue weighted by atomic mass is 127. The molecular weight excluding hydrogens is 482 g/mol. The number of rotatable bonds is 7. The van der Waals surface area contributed by atoms with E-state index in [9.17, 15) is 13.2 Å². The third-order valence-corrected chi connectivity index (χ3v) is 4.65. The maximum absolute atomic E-state index is 12.4. The highest BCUT2D eigenvalue weighted by molar-refractivity contribution is 14.0. The van der Waals surface area contributed by atoms with E-state index in [1.165, 1.54) is 30.5 Å². The molecule has 1 aliphatic heterocycles. The van der Waals surface area contributed by atoms with Crippen LogP contribution in [0.5, 0.6) is 0 Å². The first-order chi connectivity index (χ1) is 12.8. The summed E-state index contributed by atoms with van der Waals surface area (Å²) < 4.78 is 37.1. The summed E-state index contributed by atoms with van der Waals surface area (Å²) in [6, 6.07) is 8.48. The largest absolute Gasteiger partial charge is 0.401 e. The molecule has 5 nitrogen and oxygen atoms in total. The lowest BCUT2D eigenvalue weighted by Crippen LogP contribution is -2.43. The molecular formula is C19H31F3IN5. The molecule has 160 valence electrons. The standard InChI is InChI=1S/C19H30F3N5.HI/c1-15(16-7-6-8-17(13-16)27-10-4-5-11-27)25-18(23-2)24-9-12-26(3)14-19(20,21)22;/h6-8,13,15H,4-5,9-12,14H2,1-3H3,(H2,23,24,25);1H. The molecule has 1 aromatic carbocycles. The fourth-order valence-corrected chi connectivity index (χ4v) is 3.20. The van der Waals surface area contributed by atoms with Crippen LogP contribution in [0.4, 0.5) is 18.9 Å². The molecule has 1 fully saturated rings. The van der Waals surface area contributed by atoms with Crippen LogP contribution in [0, 0.1) is 0 Å². The molecule has 1 atom stereocenters. The lowest BCUT2D eigenvalue weighted by Gasteiger charge is -2.23. The van der Waals surface area contributed by atoms with E-state index in [-0.39, 0.29) is 36.6 Å². The summed E-state index contributed by atoms with van der Waals surface area (Å²) in [6.45, 7) is 3.98. The average Bonchev–Trinajstić information content (AvgIpc) is 3.14. The van der Waals surface area contributed by atoms with Gasteiger partial charge < -0.3 is 15.5 Å². The summed E-state index contributed by atoms with van der Waals surface area (Å²) in [5.41, 5.74) is 2.38. The van der Waals surface area contributed by atoms with Crippen LogP contribution in [0.3, 0.4) is 0 Å². The molecule has 0 radical (unpaired) electrons. The number of likely N-dealkylation sites (N-methyl/N-ethyl adjacent to an activating group) is 1. The second kappa shape index (κ2) is 11.7. The van der Waals surface area contributed by atoms with Gasteiger partial charge in [-0.15, -0.1) is 24.0 Å². The van der Waals surface area contributed by atoms with Crippen LogP contribution in [0.2, 0.25) is 0 Å². The Morgan fingerprint density at radius 2 is 1.96 bits per heavy atom. The Morgan fingerprint density at radius 1 is 1.29 bits per heavy atom. The van der Waals surface area contributed by atoms with E-state index in [4.69, 9.17) is 0 Å². The molecule has 0 saturated carbocycles. The van der Waals surface area contributed by atoms with Gasteiger partial charge >= 0.3 is 6.18 Å². The smallest absolute Gasteiger partial charge is 0.372 e. The van der Waals surface area contributed by atoms with Gasteiger partial charge in [0.1, 0.15) is 0 Å². The van der Waals surface area contributed by atoms with E-state index in [0.717, 1.165) is 18.7 Å². The predicted octanol–water partition coefficient (Wildman–Crippen LogP) is 3.62. The van der Waals surface area contributed by atoms with Crippen molar-refractivity contribution in [3.8, 4) is 0 Å². The number of guanidine groups is 1. The molecule has 1 aromatic rings. The molecule has 1 unspecified atom stereocenters. The maximum atomic E-state index is 12.4. The fourth-order valence-electron chi connectivity index (χ4n) is 3.20. The molecule has 1 saturated heterocycles. The van der Waals surface area contributed by atoms with Crippen molar-refractivity contribution in [3.63, 3.8) is 0 Å². The lowest BCUT2D eigenvalue weighted by molar-refractivity contribution is -0.142. The van der Waals surface area contributed by atoms with Gasteiger partial charge in [0.15, 0.2) is 5.96 Å². The quantitative estimate of drug-likeness (QED) is 0.332. The number of benzene rings is 1. The van der Waals surface area contributed by atoms with E-state index in [2.05, 4.69) is 44.8 Å². The van der Waals surface area contributed by atoms with Crippen molar-refractivity contribution < 1.29 is 13.2 Å². The summed E-state index contributed by atoms with van der Waals surface area (Å²) >= 11 is 0. The number of nitrogens with zero attached hydrogens (tertiary/aromatic N) is 3. The number of hydrogen-bond acceptors (Lipinski definition) is 3. The van der Waals surface area contributed by atoms with Gasteiger partial charge in [-0.25, -0.2) is 0 Å². The van der Waals surface area contributed by atoms with Crippen molar-refractivity contribution in [2.45, 2.75) is 32.0 Å². The molecule has 0 aliphatic carbocycles. The van der Waals surface area contributed by atoms with Crippen molar-refractivity contribution in [2.24, 2.45) is 4.99 Å². The minimum atomic E-state index is -4.18. The van der Waals surface area contributed by atoms with Gasteiger partial charge in [0.25, 0.3) is 0 Å². The molecule has 2 N–H and O–H groups in total. The highest BCUT2D eigenvalue weighted by Crippen LogP contribution is 2.23. The topological polar surface area (TPSA) is 42.9 Å². The van der Waals surface area contributed by atoms with E-state index in [1.54, 1.807) is 7.05 Å². The van der Waals surface area contributed by atoms with Gasteiger partial charge in [-0.1, -0.05) is 12.1 Å². The number of hydrogen-bond donors (Lipinski definition) is 2. The van der Waals surface area contributed by atoms with Crippen LogP contribution in [0.1, 0.15) is 31.4 Å². The summed E-state index contributed by atoms with van der Waals surface area (Å²) in [4.78, 5) is 7.80. The van der Waals surface area contributed by atoms with Gasteiger partial charge in [-0.2, -0.15) is 13.2 Å². The van der Waals surface area contributed by atoms with Gasteiger partial charge in [-0.3, -0.25) is 9.89 Å². The zero-order valence-corrected chi connectivity index (χ0v) is 19.1. The summed E-state index contributed by atoms with van der Waals surface area (Å²) in [5, 5.41) is 6.38. The minimum Gasteiger partial charge on any atom is -0.372 e. The predicted molar refractivity (Wildman–Crippen MR) is 120 cm³/mol. The van der Waals surface area contributed by atoms with Crippen molar-refractivity contribution in [3.05, 3.63) is 29.8 Å². The first-order valence-electron chi connectivity index (χ1n) is 9.36. The molecule has 1 aliphatic rings. The first-order valence-corrected chi connectivity index (χ1v) is 9.36. The highest BCUT2D eigenvalue weighted by Gasteiger charge is 2.28. The fraction of sp³-hybridized carbons (Fsp3) is 0.632. The van der Waals surface area contributed by atoms with E-state index >= 15 is 0 Å². The number of anilines is 1. The Bertz CT molecular complexity index is 618. The molecule has 28 heavy (non-hydrogen) atoms. The third kappa shape index (κ3) is 8.42. The Morgan fingerprint density at radius 3 is 2.57 bits per heavy atom. The van der Waals surface area contributed by atoms with Crippen molar-refractivity contribution in [2.75, 3.05) is 51.7 Å². The molecule has 0 amide bonds. The number of aliphatic imine (C=N–C) groups is 1. The molecule has 0 spiro atoms. The Labute approximate surface area is 182 Å². The van der Waals surface area contributed by atoms with E-state index < -0.39 is 12.7 Å². The second-order valence-electron chi connectivity index (χ2n) is 7.01. The van der Waals surface area contributed by atoms with Crippen LogP contribution in [0.15, 0.2) is 29.3 Å². The van der Waals surface area contributed by atoms with Crippen LogP contribution in [-0.4, -0.2) is 63.9 Å². The maximum Gasteiger partial charge on any atom is 0.401 e.